The predicted octanol–water partition coefficient (Wildman–Crippen LogP) is 3.00. The van der Waals surface area contributed by atoms with Crippen LogP contribution in [0, 0.1) is 0 Å². The van der Waals surface area contributed by atoms with Gasteiger partial charge in [0.1, 0.15) is 0 Å². The molecule has 0 radical (unpaired) electrons. The Hall–Kier alpha value is -1.36. The number of fused-ring (bicyclic) bond motifs is 1. The largest absolute Gasteiger partial charge is 0.397 e. The van der Waals surface area contributed by atoms with Crippen molar-refractivity contribution in [3.8, 4) is 0 Å². The lowest BCUT2D eigenvalue weighted by Gasteiger charge is -2.08. The second kappa shape index (κ2) is 3.09. The van der Waals surface area contributed by atoms with Gasteiger partial charge in [-0.05, 0) is 22.9 Å². The van der Waals surface area contributed by atoms with Crippen molar-refractivity contribution in [1.82, 2.24) is 0 Å². The SMILES string of the molecule is Nc1c(C(F)F)cc2ccsc2c1N. The fourth-order valence-corrected chi connectivity index (χ4v) is 2.21. The van der Waals surface area contributed by atoms with Gasteiger partial charge in [-0.3, -0.25) is 0 Å². The second-order valence-electron chi connectivity index (χ2n) is 2.93. The summed E-state index contributed by atoms with van der Waals surface area (Å²) in [7, 11) is 0. The molecule has 0 aliphatic rings. The van der Waals surface area contributed by atoms with E-state index >= 15 is 0 Å². The third-order valence-corrected chi connectivity index (χ3v) is 3.05. The summed E-state index contributed by atoms with van der Waals surface area (Å²) in [6.07, 6.45) is -2.58. The van der Waals surface area contributed by atoms with Crippen molar-refractivity contribution in [3.05, 3.63) is 23.1 Å². The lowest BCUT2D eigenvalue weighted by molar-refractivity contribution is 0.152. The number of benzene rings is 1. The van der Waals surface area contributed by atoms with Crippen molar-refractivity contribution in [1.29, 1.82) is 0 Å². The number of anilines is 2. The van der Waals surface area contributed by atoms with Crippen LogP contribution in [0.3, 0.4) is 0 Å². The van der Waals surface area contributed by atoms with Crippen LogP contribution >= 0.6 is 11.3 Å². The van der Waals surface area contributed by atoms with Crippen LogP contribution in [0.25, 0.3) is 10.1 Å². The Morgan fingerprint density at radius 2 is 1.93 bits per heavy atom. The first-order valence-electron chi connectivity index (χ1n) is 3.94. The molecule has 74 valence electrons. The Balaban J connectivity index is 2.80. The number of nitrogen functional groups attached to an aromatic ring is 2. The minimum Gasteiger partial charge on any atom is -0.397 e. The maximum atomic E-state index is 12.5. The van der Waals surface area contributed by atoms with E-state index in [1.807, 2.05) is 0 Å². The van der Waals surface area contributed by atoms with Crippen LogP contribution in [0.2, 0.25) is 0 Å². The summed E-state index contributed by atoms with van der Waals surface area (Å²) in [5.41, 5.74) is 11.2. The number of thiophene rings is 1. The van der Waals surface area contributed by atoms with Gasteiger partial charge in [0, 0.05) is 5.56 Å². The number of halogens is 2. The molecule has 0 aliphatic carbocycles. The number of alkyl halides is 2. The van der Waals surface area contributed by atoms with Gasteiger partial charge >= 0.3 is 0 Å². The molecule has 2 rings (SSSR count). The smallest absolute Gasteiger partial charge is 0.265 e. The van der Waals surface area contributed by atoms with Crippen molar-refractivity contribution >= 4 is 32.8 Å². The van der Waals surface area contributed by atoms with Crippen LogP contribution in [0.15, 0.2) is 17.5 Å². The fraction of sp³-hybridized carbons (Fsp3) is 0.111. The molecule has 0 aliphatic heterocycles. The Bertz CT molecular complexity index is 479. The standard InChI is InChI=1S/C9H8F2N2S/c10-9(11)5-3-4-1-2-14-8(4)7(13)6(5)12/h1-3,9H,12-13H2. The molecule has 1 aromatic heterocycles. The van der Waals surface area contributed by atoms with Gasteiger partial charge in [0.25, 0.3) is 6.43 Å². The molecular weight excluding hydrogens is 206 g/mol. The molecule has 14 heavy (non-hydrogen) atoms. The molecular formula is C9H8F2N2S. The molecule has 5 heteroatoms. The van der Waals surface area contributed by atoms with Crippen molar-refractivity contribution < 1.29 is 8.78 Å². The maximum Gasteiger partial charge on any atom is 0.265 e. The van der Waals surface area contributed by atoms with Crippen LogP contribution in [0.1, 0.15) is 12.0 Å². The summed E-state index contributed by atoms with van der Waals surface area (Å²) in [5, 5.41) is 2.52. The van der Waals surface area contributed by atoms with E-state index in [4.69, 9.17) is 11.5 Å². The van der Waals surface area contributed by atoms with Gasteiger partial charge in [-0.1, -0.05) is 0 Å². The van der Waals surface area contributed by atoms with E-state index < -0.39 is 6.43 Å². The summed E-state index contributed by atoms with van der Waals surface area (Å²) in [6.45, 7) is 0. The highest BCUT2D eigenvalue weighted by atomic mass is 32.1. The minimum atomic E-state index is -2.58. The zero-order valence-electron chi connectivity index (χ0n) is 7.13. The number of nitrogens with two attached hydrogens (primary N) is 2. The molecule has 4 N–H and O–H groups in total. The Morgan fingerprint density at radius 3 is 2.57 bits per heavy atom. The molecule has 0 unspecified atom stereocenters. The van der Waals surface area contributed by atoms with Crippen LogP contribution < -0.4 is 11.5 Å². The van der Waals surface area contributed by atoms with E-state index in [9.17, 15) is 8.78 Å². The highest BCUT2D eigenvalue weighted by molar-refractivity contribution is 7.17. The molecule has 0 spiro atoms. The average Bonchev–Trinajstić information content (AvgIpc) is 2.58. The summed E-state index contributed by atoms with van der Waals surface area (Å²) >= 11 is 1.40. The van der Waals surface area contributed by atoms with Crippen LogP contribution in [-0.4, -0.2) is 0 Å². The monoisotopic (exact) mass is 214 g/mol. The minimum absolute atomic E-state index is 0.00468. The van der Waals surface area contributed by atoms with E-state index in [1.165, 1.54) is 17.4 Å². The van der Waals surface area contributed by atoms with E-state index in [0.717, 1.165) is 10.1 Å². The Labute approximate surface area is 83.1 Å². The molecule has 1 heterocycles. The zero-order valence-corrected chi connectivity index (χ0v) is 7.94. The summed E-state index contributed by atoms with van der Waals surface area (Å²) in [5.74, 6) is 0. The average molecular weight is 214 g/mol. The molecule has 2 nitrogen and oxygen atoms in total. The van der Waals surface area contributed by atoms with Crippen molar-refractivity contribution in [2.75, 3.05) is 11.5 Å². The van der Waals surface area contributed by atoms with Crippen LogP contribution in [-0.2, 0) is 0 Å². The summed E-state index contributed by atoms with van der Waals surface area (Å²) in [6, 6.07) is 3.14. The van der Waals surface area contributed by atoms with Gasteiger partial charge in [0.2, 0.25) is 0 Å². The third-order valence-electron chi connectivity index (χ3n) is 2.09. The lowest BCUT2D eigenvalue weighted by atomic mass is 10.1. The molecule has 2 aromatic rings. The Kier molecular flexibility index (Phi) is 2.03. The fourth-order valence-electron chi connectivity index (χ4n) is 1.36. The van der Waals surface area contributed by atoms with Crippen molar-refractivity contribution in [2.45, 2.75) is 6.43 Å². The molecule has 1 aromatic carbocycles. The molecule has 0 bridgehead atoms. The molecule has 0 saturated carbocycles. The van der Waals surface area contributed by atoms with Gasteiger partial charge in [-0.25, -0.2) is 8.78 Å². The number of hydrogen-bond acceptors (Lipinski definition) is 3. The molecule has 0 fully saturated rings. The molecule has 0 amide bonds. The van der Waals surface area contributed by atoms with E-state index in [1.54, 1.807) is 11.4 Å². The first-order valence-corrected chi connectivity index (χ1v) is 4.82. The van der Waals surface area contributed by atoms with Gasteiger partial charge < -0.3 is 11.5 Å². The molecule has 0 atom stereocenters. The van der Waals surface area contributed by atoms with Gasteiger partial charge in [-0.15, -0.1) is 11.3 Å². The van der Waals surface area contributed by atoms with Gasteiger partial charge in [0.05, 0.1) is 16.1 Å². The third kappa shape index (κ3) is 1.21. The van der Waals surface area contributed by atoms with Gasteiger partial charge in [-0.2, -0.15) is 0 Å². The quantitative estimate of drug-likeness (QED) is 0.717. The van der Waals surface area contributed by atoms with Crippen LogP contribution in [0.5, 0.6) is 0 Å². The number of rotatable bonds is 1. The predicted molar refractivity (Wildman–Crippen MR) is 55.6 cm³/mol. The van der Waals surface area contributed by atoms with Crippen molar-refractivity contribution in [3.63, 3.8) is 0 Å². The van der Waals surface area contributed by atoms with Crippen molar-refractivity contribution in [2.24, 2.45) is 0 Å². The summed E-state index contributed by atoms with van der Waals surface area (Å²) < 4.78 is 25.8. The maximum absolute atomic E-state index is 12.5. The van der Waals surface area contributed by atoms with Gasteiger partial charge in [0.15, 0.2) is 0 Å². The van der Waals surface area contributed by atoms with E-state index in [0.29, 0.717) is 0 Å². The lowest BCUT2D eigenvalue weighted by Crippen LogP contribution is -2.00. The number of hydrogen-bond donors (Lipinski definition) is 2. The van der Waals surface area contributed by atoms with Crippen LogP contribution in [0.4, 0.5) is 20.2 Å². The normalized spacial score (nSPS) is 11.4. The Morgan fingerprint density at radius 1 is 1.21 bits per heavy atom. The zero-order chi connectivity index (χ0) is 10.3. The second-order valence-corrected chi connectivity index (χ2v) is 3.85. The van der Waals surface area contributed by atoms with E-state index in [-0.39, 0.29) is 16.9 Å². The summed E-state index contributed by atoms with van der Waals surface area (Å²) in [4.78, 5) is 0. The topological polar surface area (TPSA) is 52.0 Å². The first-order chi connectivity index (χ1) is 6.61. The van der Waals surface area contributed by atoms with E-state index in [2.05, 4.69) is 0 Å². The highest BCUT2D eigenvalue weighted by Gasteiger charge is 2.16. The molecule has 0 saturated heterocycles. The first kappa shape index (κ1) is 9.21. The highest BCUT2D eigenvalue weighted by Crippen LogP contribution is 2.37.